The second-order valence-corrected chi connectivity index (χ2v) is 4.52. The Bertz CT molecular complexity index is 486. The predicted octanol–water partition coefficient (Wildman–Crippen LogP) is 2.94. The van der Waals surface area contributed by atoms with Crippen LogP contribution in [0.2, 0.25) is 0 Å². The molecule has 0 aliphatic rings. The number of halogens is 1. The van der Waals surface area contributed by atoms with Crippen molar-refractivity contribution in [2.24, 2.45) is 0 Å². The standard InChI is InChI=1S/C11H13FN4S/c1-3-8(11-13-4-5-17-11)16-10-9(12)7(2)14-6-15-10/h4-6,8H,3H2,1-2H3,(H,14,15,16). The number of nitrogens with one attached hydrogen (secondary N) is 1. The first kappa shape index (κ1) is 11.9. The van der Waals surface area contributed by atoms with Crippen LogP contribution in [0.15, 0.2) is 17.9 Å². The number of nitrogens with zero attached hydrogens (tertiary/aromatic N) is 3. The molecule has 17 heavy (non-hydrogen) atoms. The van der Waals surface area contributed by atoms with E-state index in [4.69, 9.17) is 0 Å². The van der Waals surface area contributed by atoms with E-state index < -0.39 is 5.82 Å². The summed E-state index contributed by atoms with van der Waals surface area (Å²) in [6.07, 6.45) is 3.91. The van der Waals surface area contributed by atoms with Crippen LogP contribution in [-0.4, -0.2) is 15.0 Å². The molecular formula is C11H13FN4S. The highest BCUT2D eigenvalue weighted by Gasteiger charge is 2.15. The van der Waals surface area contributed by atoms with Gasteiger partial charge in [-0.25, -0.2) is 19.3 Å². The molecule has 2 heterocycles. The lowest BCUT2D eigenvalue weighted by molar-refractivity contribution is 0.598. The van der Waals surface area contributed by atoms with Crippen LogP contribution in [0.5, 0.6) is 0 Å². The van der Waals surface area contributed by atoms with E-state index in [9.17, 15) is 4.39 Å². The van der Waals surface area contributed by atoms with Crippen molar-refractivity contribution < 1.29 is 4.39 Å². The normalized spacial score (nSPS) is 12.4. The van der Waals surface area contributed by atoms with E-state index in [1.165, 1.54) is 6.33 Å². The molecule has 0 saturated heterocycles. The Kier molecular flexibility index (Phi) is 3.63. The molecule has 0 saturated carbocycles. The molecule has 0 aliphatic carbocycles. The van der Waals surface area contributed by atoms with E-state index in [1.807, 2.05) is 12.3 Å². The van der Waals surface area contributed by atoms with Gasteiger partial charge in [-0.15, -0.1) is 11.3 Å². The molecule has 90 valence electrons. The number of anilines is 1. The Morgan fingerprint density at radius 1 is 1.41 bits per heavy atom. The topological polar surface area (TPSA) is 50.7 Å². The molecule has 2 rings (SSSR count). The van der Waals surface area contributed by atoms with Gasteiger partial charge in [0.2, 0.25) is 0 Å². The fourth-order valence-corrected chi connectivity index (χ4v) is 2.24. The van der Waals surface area contributed by atoms with Crippen LogP contribution < -0.4 is 5.32 Å². The molecule has 0 radical (unpaired) electrons. The summed E-state index contributed by atoms with van der Waals surface area (Å²) in [6, 6.07) is -0.0150. The molecule has 2 aromatic heterocycles. The van der Waals surface area contributed by atoms with Crippen molar-refractivity contribution in [1.29, 1.82) is 0 Å². The van der Waals surface area contributed by atoms with E-state index in [0.29, 0.717) is 5.69 Å². The summed E-state index contributed by atoms with van der Waals surface area (Å²) < 4.78 is 13.7. The number of hydrogen-bond donors (Lipinski definition) is 1. The molecule has 1 atom stereocenters. The summed E-state index contributed by atoms with van der Waals surface area (Å²) in [5.74, 6) is -0.165. The van der Waals surface area contributed by atoms with Crippen LogP contribution in [-0.2, 0) is 0 Å². The van der Waals surface area contributed by atoms with Crippen LogP contribution in [0.1, 0.15) is 30.1 Å². The molecule has 0 bridgehead atoms. The molecule has 0 spiro atoms. The van der Waals surface area contributed by atoms with Gasteiger partial charge in [0.05, 0.1) is 11.7 Å². The molecule has 4 nitrogen and oxygen atoms in total. The largest absolute Gasteiger partial charge is 0.358 e. The minimum absolute atomic E-state index is 0.0150. The van der Waals surface area contributed by atoms with Crippen LogP contribution >= 0.6 is 11.3 Å². The average Bonchev–Trinajstić information content (AvgIpc) is 2.85. The van der Waals surface area contributed by atoms with Crippen molar-refractivity contribution in [1.82, 2.24) is 15.0 Å². The smallest absolute Gasteiger partial charge is 0.186 e. The van der Waals surface area contributed by atoms with Gasteiger partial charge >= 0.3 is 0 Å². The zero-order valence-electron chi connectivity index (χ0n) is 9.64. The van der Waals surface area contributed by atoms with Crippen LogP contribution in [0.4, 0.5) is 10.2 Å². The van der Waals surface area contributed by atoms with E-state index in [0.717, 1.165) is 11.4 Å². The van der Waals surface area contributed by atoms with Gasteiger partial charge in [0, 0.05) is 11.6 Å². The summed E-state index contributed by atoms with van der Waals surface area (Å²) in [4.78, 5) is 11.9. The van der Waals surface area contributed by atoms with Crippen molar-refractivity contribution in [3.8, 4) is 0 Å². The maximum absolute atomic E-state index is 13.7. The molecule has 2 aromatic rings. The molecule has 0 amide bonds. The molecular weight excluding hydrogens is 239 g/mol. The van der Waals surface area contributed by atoms with Crippen LogP contribution in [0, 0.1) is 12.7 Å². The fourth-order valence-electron chi connectivity index (χ4n) is 1.47. The third-order valence-electron chi connectivity index (χ3n) is 2.43. The minimum Gasteiger partial charge on any atom is -0.358 e. The molecule has 6 heteroatoms. The number of rotatable bonds is 4. The summed E-state index contributed by atoms with van der Waals surface area (Å²) in [7, 11) is 0. The molecule has 0 fully saturated rings. The van der Waals surface area contributed by atoms with E-state index in [1.54, 1.807) is 24.5 Å². The first-order chi connectivity index (χ1) is 8.22. The Hall–Kier alpha value is -1.56. The second kappa shape index (κ2) is 5.18. The average molecular weight is 252 g/mol. The summed E-state index contributed by atoms with van der Waals surface area (Å²) in [5.41, 5.74) is 0.344. The van der Waals surface area contributed by atoms with Gasteiger partial charge in [0.1, 0.15) is 11.3 Å². The van der Waals surface area contributed by atoms with Crippen molar-refractivity contribution >= 4 is 17.2 Å². The summed E-state index contributed by atoms with van der Waals surface area (Å²) >= 11 is 1.55. The van der Waals surface area contributed by atoms with Crippen LogP contribution in [0.25, 0.3) is 0 Å². The number of hydrogen-bond acceptors (Lipinski definition) is 5. The molecule has 1 N–H and O–H groups in total. The number of aryl methyl sites for hydroxylation is 1. The summed E-state index contributed by atoms with van der Waals surface area (Å²) in [5, 5.41) is 5.90. The van der Waals surface area contributed by atoms with Crippen molar-refractivity contribution in [2.75, 3.05) is 5.32 Å². The van der Waals surface area contributed by atoms with Gasteiger partial charge in [0.15, 0.2) is 11.6 Å². The zero-order chi connectivity index (χ0) is 12.3. The Balaban J connectivity index is 2.22. The third kappa shape index (κ3) is 2.58. The van der Waals surface area contributed by atoms with Crippen molar-refractivity contribution in [3.63, 3.8) is 0 Å². The van der Waals surface area contributed by atoms with E-state index >= 15 is 0 Å². The quantitative estimate of drug-likeness (QED) is 0.909. The Morgan fingerprint density at radius 2 is 2.24 bits per heavy atom. The maximum Gasteiger partial charge on any atom is 0.186 e. The van der Waals surface area contributed by atoms with Crippen molar-refractivity contribution in [2.45, 2.75) is 26.3 Å². The fraction of sp³-hybridized carbons (Fsp3) is 0.364. The Morgan fingerprint density at radius 3 is 2.88 bits per heavy atom. The maximum atomic E-state index is 13.7. The predicted molar refractivity (Wildman–Crippen MR) is 65.5 cm³/mol. The lowest BCUT2D eigenvalue weighted by Gasteiger charge is -2.15. The lowest BCUT2D eigenvalue weighted by Crippen LogP contribution is -2.12. The van der Waals surface area contributed by atoms with Gasteiger partial charge < -0.3 is 5.32 Å². The highest BCUT2D eigenvalue weighted by Crippen LogP contribution is 2.24. The van der Waals surface area contributed by atoms with E-state index in [2.05, 4.69) is 20.3 Å². The highest BCUT2D eigenvalue weighted by molar-refractivity contribution is 7.09. The monoisotopic (exact) mass is 252 g/mol. The van der Waals surface area contributed by atoms with Gasteiger partial charge in [-0.3, -0.25) is 0 Å². The first-order valence-corrected chi connectivity index (χ1v) is 6.23. The second-order valence-electron chi connectivity index (χ2n) is 3.60. The molecule has 1 unspecified atom stereocenters. The Labute approximate surface area is 103 Å². The van der Waals surface area contributed by atoms with Crippen LogP contribution in [0.3, 0.4) is 0 Å². The SMILES string of the molecule is CCC(Nc1ncnc(C)c1F)c1nccs1. The number of thiazole rings is 1. The lowest BCUT2D eigenvalue weighted by atomic mass is 10.2. The van der Waals surface area contributed by atoms with Gasteiger partial charge in [-0.2, -0.15) is 0 Å². The van der Waals surface area contributed by atoms with Gasteiger partial charge in [-0.05, 0) is 13.3 Å². The zero-order valence-corrected chi connectivity index (χ0v) is 10.5. The molecule has 0 aliphatic heterocycles. The first-order valence-electron chi connectivity index (χ1n) is 5.35. The van der Waals surface area contributed by atoms with Gasteiger partial charge in [-0.1, -0.05) is 6.92 Å². The van der Waals surface area contributed by atoms with E-state index in [-0.39, 0.29) is 11.9 Å². The van der Waals surface area contributed by atoms with Gasteiger partial charge in [0.25, 0.3) is 0 Å². The minimum atomic E-state index is -0.400. The summed E-state index contributed by atoms with van der Waals surface area (Å²) in [6.45, 7) is 3.64. The third-order valence-corrected chi connectivity index (χ3v) is 3.32. The highest BCUT2D eigenvalue weighted by atomic mass is 32.1. The van der Waals surface area contributed by atoms with Crippen molar-refractivity contribution in [3.05, 3.63) is 34.4 Å². The molecule has 0 aromatic carbocycles. The number of aromatic nitrogens is 3.